The minimum atomic E-state index is -1.71. The third-order valence-electron chi connectivity index (χ3n) is 6.11. The molecule has 0 saturated carbocycles. The lowest BCUT2D eigenvalue weighted by Gasteiger charge is -2.40. The Balaban J connectivity index is 1.52. The fourth-order valence-corrected chi connectivity index (χ4v) is 4.15. The number of hydrogen-bond donors (Lipinski definition) is 4. The third kappa shape index (κ3) is 5.86. The van der Waals surface area contributed by atoms with Crippen LogP contribution in [-0.2, 0) is 20.6 Å². The van der Waals surface area contributed by atoms with Crippen LogP contribution in [0, 0.1) is 6.92 Å². The van der Waals surface area contributed by atoms with Gasteiger partial charge in [0.15, 0.2) is 5.78 Å². The number of carbonyl (C=O) groups is 2. The average molecular weight is 516 g/mol. The Morgan fingerprint density at radius 1 is 1.03 bits per heavy atom. The number of Topliss-reactive ketones (excluding diaryl/α,β-unsaturated/α-hetero) is 1. The molecule has 0 spiro atoms. The lowest BCUT2D eigenvalue weighted by molar-refractivity contribution is -0.277. The number of aromatic hydroxyl groups is 1. The number of rotatable bonds is 8. The summed E-state index contributed by atoms with van der Waals surface area (Å²) in [6.07, 6.45) is -6.86. The van der Waals surface area contributed by atoms with Crippen LogP contribution < -0.4 is 4.74 Å². The van der Waals surface area contributed by atoms with Crippen molar-refractivity contribution < 1.29 is 53.4 Å². The van der Waals surface area contributed by atoms with E-state index in [0.717, 1.165) is 23.6 Å². The zero-order valence-electron chi connectivity index (χ0n) is 20.2. The Hall–Kier alpha value is -3.64. The standard InChI is InChI=1S/C26H28O11/c1-13-9-17(28)21(16(27)5-3-14-4-6-18-15(11-14)7-8-34-18)19(10-13)36-25-24(31)23(30)22(29)20(37-25)12-35-26(32)33-2/h4,6-11,20,22-25,28-31H,3,5,12H2,1-2H3/t20?,22-,23?,24?,25-/m1/s1. The van der Waals surface area contributed by atoms with E-state index in [1.807, 2.05) is 24.3 Å². The maximum Gasteiger partial charge on any atom is 0.508 e. The molecular formula is C26H28O11. The molecule has 5 atom stereocenters. The largest absolute Gasteiger partial charge is 0.508 e. The van der Waals surface area contributed by atoms with Gasteiger partial charge in [-0.15, -0.1) is 0 Å². The molecule has 0 radical (unpaired) electrons. The highest BCUT2D eigenvalue weighted by atomic mass is 16.7. The topological polar surface area (TPSA) is 165 Å². The van der Waals surface area contributed by atoms with Crippen molar-refractivity contribution in [1.82, 2.24) is 0 Å². The number of fused-ring (bicyclic) bond motifs is 1. The number of aliphatic hydroxyl groups excluding tert-OH is 3. The first kappa shape index (κ1) is 26.4. The Labute approximate surface area is 211 Å². The van der Waals surface area contributed by atoms with Crippen LogP contribution >= 0.6 is 0 Å². The Morgan fingerprint density at radius 3 is 2.57 bits per heavy atom. The molecule has 1 aliphatic heterocycles. The van der Waals surface area contributed by atoms with Crippen LogP contribution in [0.3, 0.4) is 0 Å². The summed E-state index contributed by atoms with van der Waals surface area (Å²) in [5.41, 5.74) is 2.07. The number of ether oxygens (including phenoxy) is 4. The van der Waals surface area contributed by atoms with Crippen molar-refractivity contribution in [2.24, 2.45) is 0 Å². The molecular weight excluding hydrogens is 488 g/mol. The summed E-state index contributed by atoms with van der Waals surface area (Å²) >= 11 is 0. The van der Waals surface area contributed by atoms with E-state index in [4.69, 9.17) is 18.6 Å². The number of hydrogen-bond acceptors (Lipinski definition) is 11. The first-order valence-corrected chi connectivity index (χ1v) is 11.6. The molecule has 2 aromatic carbocycles. The number of benzene rings is 2. The normalized spacial score (nSPS) is 23.5. The van der Waals surface area contributed by atoms with Crippen LogP contribution in [0.4, 0.5) is 4.79 Å². The van der Waals surface area contributed by atoms with Gasteiger partial charge in [-0.25, -0.2) is 4.79 Å². The van der Waals surface area contributed by atoms with Gasteiger partial charge in [0.1, 0.15) is 53.7 Å². The number of phenols is 1. The Bertz CT molecular complexity index is 1270. The van der Waals surface area contributed by atoms with E-state index in [-0.39, 0.29) is 23.5 Å². The summed E-state index contributed by atoms with van der Waals surface area (Å²) in [4.78, 5) is 24.5. The molecule has 198 valence electrons. The SMILES string of the molecule is COC(=O)OCC1O[C@@H](Oc2cc(C)cc(O)c2C(=O)CCc2ccc3occc3c2)C(O)C(O)[C@@H]1O. The second-order valence-electron chi connectivity index (χ2n) is 8.77. The molecule has 11 heteroatoms. The summed E-state index contributed by atoms with van der Waals surface area (Å²) in [5.74, 6) is -0.814. The zero-order chi connectivity index (χ0) is 26.7. The van der Waals surface area contributed by atoms with Crippen molar-refractivity contribution >= 4 is 22.9 Å². The molecule has 4 rings (SSSR count). The second kappa shape index (κ2) is 11.2. The van der Waals surface area contributed by atoms with Crippen LogP contribution in [0.25, 0.3) is 11.0 Å². The van der Waals surface area contributed by atoms with Gasteiger partial charge in [-0.05, 0) is 54.8 Å². The first-order chi connectivity index (χ1) is 17.7. The molecule has 1 fully saturated rings. The molecule has 1 saturated heterocycles. The summed E-state index contributed by atoms with van der Waals surface area (Å²) < 4.78 is 25.8. The van der Waals surface area contributed by atoms with Crippen LogP contribution in [0.5, 0.6) is 11.5 Å². The van der Waals surface area contributed by atoms with E-state index in [2.05, 4.69) is 4.74 Å². The minimum absolute atomic E-state index is 0.0430. The highest BCUT2D eigenvalue weighted by Gasteiger charge is 2.46. The van der Waals surface area contributed by atoms with Crippen LogP contribution in [0.2, 0.25) is 0 Å². The van der Waals surface area contributed by atoms with E-state index < -0.39 is 49.3 Å². The molecule has 4 N–H and O–H groups in total. The van der Waals surface area contributed by atoms with E-state index in [9.17, 15) is 30.0 Å². The number of carbonyl (C=O) groups excluding carboxylic acids is 2. The number of ketones is 1. The number of furan rings is 1. The molecule has 11 nitrogen and oxygen atoms in total. The van der Waals surface area contributed by atoms with Crippen molar-refractivity contribution in [1.29, 1.82) is 0 Å². The number of aliphatic hydroxyl groups is 3. The average Bonchev–Trinajstić information content (AvgIpc) is 3.34. The fourth-order valence-electron chi connectivity index (χ4n) is 4.15. The van der Waals surface area contributed by atoms with Crippen molar-refractivity contribution in [2.75, 3.05) is 13.7 Å². The molecule has 3 unspecified atom stereocenters. The van der Waals surface area contributed by atoms with Gasteiger partial charge in [-0.2, -0.15) is 0 Å². The molecule has 37 heavy (non-hydrogen) atoms. The minimum Gasteiger partial charge on any atom is -0.507 e. The van der Waals surface area contributed by atoms with Gasteiger partial charge < -0.3 is 43.8 Å². The van der Waals surface area contributed by atoms with Crippen molar-refractivity contribution in [2.45, 2.75) is 50.5 Å². The molecule has 0 bridgehead atoms. The monoisotopic (exact) mass is 516 g/mol. The van der Waals surface area contributed by atoms with E-state index in [0.29, 0.717) is 12.0 Å². The van der Waals surface area contributed by atoms with Gasteiger partial charge >= 0.3 is 6.16 Å². The van der Waals surface area contributed by atoms with Crippen LogP contribution in [-0.4, -0.2) is 76.8 Å². The quantitative estimate of drug-likeness (QED) is 0.256. The molecule has 2 heterocycles. The summed E-state index contributed by atoms with van der Waals surface area (Å²) in [6, 6.07) is 10.3. The third-order valence-corrected chi connectivity index (χ3v) is 6.11. The lowest BCUT2D eigenvalue weighted by Crippen LogP contribution is -2.60. The highest BCUT2D eigenvalue weighted by molar-refractivity contribution is 6.01. The summed E-state index contributed by atoms with van der Waals surface area (Å²) in [7, 11) is 1.10. The van der Waals surface area contributed by atoms with Crippen molar-refractivity contribution in [3.63, 3.8) is 0 Å². The van der Waals surface area contributed by atoms with Crippen molar-refractivity contribution in [3.8, 4) is 11.5 Å². The molecule has 1 aliphatic rings. The van der Waals surface area contributed by atoms with Gasteiger partial charge in [-0.3, -0.25) is 4.79 Å². The first-order valence-electron chi connectivity index (χ1n) is 11.6. The lowest BCUT2D eigenvalue weighted by atomic mass is 9.98. The van der Waals surface area contributed by atoms with E-state index >= 15 is 0 Å². The van der Waals surface area contributed by atoms with Crippen molar-refractivity contribution in [3.05, 3.63) is 59.4 Å². The van der Waals surface area contributed by atoms with Gasteiger partial charge in [0.2, 0.25) is 6.29 Å². The number of aryl methyl sites for hydroxylation is 2. The Kier molecular flexibility index (Phi) is 7.98. The highest BCUT2D eigenvalue weighted by Crippen LogP contribution is 2.34. The maximum atomic E-state index is 13.2. The molecule has 0 aliphatic carbocycles. The predicted molar refractivity (Wildman–Crippen MR) is 127 cm³/mol. The second-order valence-corrected chi connectivity index (χ2v) is 8.77. The smallest absolute Gasteiger partial charge is 0.507 e. The van der Waals surface area contributed by atoms with E-state index in [1.165, 1.54) is 12.1 Å². The maximum absolute atomic E-state index is 13.2. The summed E-state index contributed by atoms with van der Waals surface area (Å²) in [6.45, 7) is 1.17. The van der Waals surface area contributed by atoms with Gasteiger partial charge in [0, 0.05) is 11.8 Å². The fraction of sp³-hybridized carbons (Fsp3) is 0.385. The van der Waals surface area contributed by atoms with Crippen LogP contribution in [0.15, 0.2) is 47.1 Å². The molecule has 1 aromatic heterocycles. The van der Waals surface area contributed by atoms with E-state index in [1.54, 1.807) is 13.2 Å². The van der Waals surface area contributed by atoms with Gasteiger partial charge in [-0.1, -0.05) is 6.07 Å². The Morgan fingerprint density at radius 2 is 1.81 bits per heavy atom. The summed E-state index contributed by atoms with van der Waals surface area (Å²) in [5, 5.41) is 42.5. The van der Waals surface area contributed by atoms with Crippen LogP contribution in [0.1, 0.15) is 27.9 Å². The predicted octanol–water partition coefficient (Wildman–Crippen LogP) is 2.23. The number of methoxy groups -OCH3 is 1. The zero-order valence-corrected chi connectivity index (χ0v) is 20.2. The molecule has 3 aromatic rings. The number of phenolic OH excluding ortho intramolecular Hbond substituents is 1. The molecule has 0 amide bonds. The van der Waals surface area contributed by atoms with Gasteiger partial charge in [0.05, 0.1) is 13.4 Å². The van der Waals surface area contributed by atoms with Gasteiger partial charge in [0.25, 0.3) is 0 Å².